The molecule has 1 amide bonds. The molecule has 1 aromatic carbocycles. The third-order valence-electron chi connectivity index (χ3n) is 3.49. The van der Waals surface area contributed by atoms with Crippen LogP contribution in [0.25, 0.3) is 0 Å². The molecule has 6 nitrogen and oxygen atoms in total. The van der Waals surface area contributed by atoms with E-state index in [4.69, 9.17) is 5.73 Å². The van der Waals surface area contributed by atoms with E-state index in [1.165, 1.54) is 0 Å². The second-order valence-corrected chi connectivity index (χ2v) is 4.95. The number of hydrogen-bond acceptors (Lipinski definition) is 4. The molecule has 2 aromatic rings. The molecule has 1 aromatic heterocycles. The van der Waals surface area contributed by atoms with Gasteiger partial charge in [-0.2, -0.15) is 0 Å². The molecule has 22 heavy (non-hydrogen) atoms. The highest BCUT2D eigenvalue weighted by atomic mass is 35.5. The fourth-order valence-corrected chi connectivity index (χ4v) is 2.44. The largest absolute Gasteiger partial charge is 0.399 e. The number of rotatable bonds is 3. The Hall–Kier alpha value is -1.79. The molecule has 120 valence electrons. The summed E-state index contributed by atoms with van der Waals surface area (Å²) in [6.45, 7) is 1.33. The summed E-state index contributed by atoms with van der Waals surface area (Å²) >= 11 is 0. The lowest BCUT2D eigenvalue weighted by Crippen LogP contribution is -2.25. The van der Waals surface area contributed by atoms with Gasteiger partial charge in [-0.1, -0.05) is 6.07 Å². The maximum absolute atomic E-state index is 12.0. The molecule has 1 aliphatic heterocycles. The van der Waals surface area contributed by atoms with Gasteiger partial charge in [-0.25, -0.2) is 0 Å². The number of nitrogen functional groups attached to an aromatic ring is 1. The Morgan fingerprint density at radius 1 is 1.27 bits per heavy atom. The summed E-state index contributed by atoms with van der Waals surface area (Å²) in [5.41, 5.74) is 6.81. The van der Waals surface area contributed by atoms with Crippen molar-refractivity contribution in [3.05, 3.63) is 41.5 Å². The van der Waals surface area contributed by atoms with Gasteiger partial charge >= 0.3 is 0 Å². The summed E-state index contributed by atoms with van der Waals surface area (Å²) in [5.74, 6) is 1.69. The van der Waals surface area contributed by atoms with Crippen molar-refractivity contribution in [3.63, 3.8) is 0 Å². The summed E-state index contributed by atoms with van der Waals surface area (Å²) < 4.78 is 2.10. The van der Waals surface area contributed by atoms with Crippen molar-refractivity contribution >= 4 is 36.4 Å². The summed E-state index contributed by atoms with van der Waals surface area (Å²) in [5, 5.41) is 11.2. The maximum Gasteiger partial charge on any atom is 0.251 e. The predicted molar refractivity (Wildman–Crippen MR) is 89.5 cm³/mol. The minimum Gasteiger partial charge on any atom is -0.399 e. The van der Waals surface area contributed by atoms with Crippen molar-refractivity contribution in [1.29, 1.82) is 0 Å². The van der Waals surface area contributed by atoms with Crippen LogP contribution in [0.3, 0.4) is 0 Å². The maximum atomic E-state index is 12.0. The first kappa shape index (κ1) is 18.3. The zero-order valence-electron chi connectivity index (χ0n) is 12.0. The van der Waals surface area contributed by atoms with E-state index in [1.54, 1.807) is 24.3 Å². The number of aromatic nitrogens is 3. The van der Waals surface area contributed by atoms with E-state index in [0.29, 0.717) is 17.8 Å². The molecule has 0 radical (unpaired) electrons. The van der Waals surface area contributed by atoms with Gasteiger partial charge in [0, 0.05) is 24.2 Å². The Kier molecular flexibility index (Phi) is 6.64. The Bertz CT molecular complexity index is 644. The number of nitrogens with two attached hydrogens (primary N) is 1. The number of nitrogens with one attached hydrogen (secondary N) is 1. The van der Waals surface area contributed by atoms with Crippen LogP contribution in [0.1, 0.15) is 34.8 Å². The summed E-state index contributed by atoms with van der Waals surface area (Å²) in [6.07, 6.45) is 3.27. The van der Waals surface area contributed by atoms with Gasteiger partial charge in [0.05, 0.1) is 6.54 Å². The molecule has 0 spiro atoms. The van der Waals surface area contributed by atoms with Crippen LogP contribution in [0.15, 0.2) is 24.3 Å². The number of carbonyl (C=O) groups excluding carboxylic acids is 1. The van der Waals surface area contributed by atoms with Crippen molar-refractivity contribution < 1.29 is 4.79 Å². The van der Waals surface area contributed by atoms with Gasteiger partial charge in [0.25, 0.3) is 5.91 Å². The monoisotopic (exact) mass is 343 g/mol. The van der Waals surface area contributed by atoms with Crippen molar-refractivity contribution in [3.8, 4) is 0 Å². The van der Waals surface area contributed by atoms with Crippen molar-refractivity contribution in [2.24, 2.45) is 0 Å². The highest BCUT2D eigenvalue weighted by Gasteiger charge is 2.16. The predicted octanol–water partition coefficient (Wildman–Crippen LogP) is 1.97. The average molecular weight is 344 g/mol. The van der Waals surface area contributed by atoms with E-state index in [9.17, 15) is 4.79 Å². The van der Waals surface area contributed by atoms with E-state index < -0.39 is 0 Å². The third-order valence-corrected chi connectivity index (χ3v) is 3.49. The van der Waals surface area contributed by atoms with Crippen LogP contribution in [0, 0.1) is 0 Å². The second kappa shape index (κ2) is 8.00. The Morgan fingerprint density at radius 3 is 2.86 bits per heavy atom. The van der Waals surface area contributed by atoms with Crippen LogP contribution in [0.5, 0.6) is 0 Å². The smallest absolute Gasteiger partial charge is 0.251 e. The first-order chi connectivity index (χ1) is 9.74. The molecule has 0 aliphatic carbocycles. The van der Waals surface area contributed by atoms with E-state index >= 15 is 0 Å². The molecular weight excluding hydrogens is 325 g/mol. The molecule has 0 saturated carbocycles. The molecule has 3 N–H and O–H groups in total. The minimum absolute atomic E-state index is 0. The number of aryl methyl sites for hydroxylation is 1. The van der Waals surface area contributed by atoms with Gasteiger partial charge in [-0.15, -0.1) is 35.0 Å². The number of carbonyl (C=O) groups is 1. The number of anilines is 1. The topological polar surface area (TPSA) is 85.8 Å². The number of hydrogen-bond donors (Lipinski definition) is 2. The average Bonchev–Trinajstić information content (AvgIpc) is 2.88. The highest BCUT2D eigenvalue weighted by molar-refractivity contribution is 5.94. The van der Waals surface area contributed by atoms with Gasteiger partial charge in [0.1, 0.15) is 5.82 Å². The lowest BCUT2D eigenvalue weighted by Gasteiger charge is -2.14. The molecular formula is C14H19Cl2N5O. The van der Waals surface area contributed by atoms with Crippen LogP contribution < -0.4 is 11.1 Å². The second-order valence-electron chi connectivity index (χ2n) is 4.95. The Morgan fingerprint density at radius 2 is 2.09 bits per heavy atom. The fraction of sp³-hybridized carbons (Fsp3) is 0.357. The van der Waals surface area contributed by atoms with Crippen LogP contribution >= 0.6 is 24.8 Å². The van der Waals surface area contributed by atoms with Crippen LogP contribution in [-0.4, -0.2) is 20.7 Å². The molecule has 0 unspecified atom stereocenters. The van der Waals surface area contributed by atoms with Gasteiger partial charge in [-0.05, 0) is 31.0 Å². The molecule has 2 heterocycles. The van der Waals surface area contributed by atoms with Gasteiger partial charge in [-0.3, -0.25) is 4.79 Å². The van der Waals surface area contributed by atoms with E-state index in [0.717, 1.165) is 37.5 Å². The molecule has 1 aliphatic rings. The zero-order chi connectivity index (χ0) is 13.9. The van der Waals surface area contributed by atoms with E-state index in [-0.39, 0.29) is 30.7 Å². The minimum atomic E-state index is -0.148. The van der Waals surface area contributed by atoms with Crippen molar-refractivity contribution in [2.45, 2.75) is 32.4 Å². The van der Waals surface area contributed by atoms with E-state index in [1.807, 2.05) is 0 Å². The summed E-state index contributed by atoms with van der Waals surface area (Å²) in [4.78, 5) is 12.0. The molecule has 0 fully saturated rings. The number of fused-ring (bicyclic) bond motifs is 1. The summed E-state index contributed by atoms with van der Waals surface area (Å²) in [6, 6.07) is 6.93. The third kappa shape index (κ3) is 3.90. The van der Waals surface area contributed by atoms with Gasteiger partial charge in [0.2, 0.25) is 0 Å². The van der Waals surface area contributed by atoms with Crippen LogP contribution in [-0.2, 0) is 19.5 Å². The molecule has 0 atom stereocenters. The molecule has 3 rings (SSSR count). The Balaban J connectivity index is 0.00000121. The number of amides is 1. The van der Waals surface area contributed by atoms with Gasteiger partial charge in [0.15, 0.2) is 5.82 Å². The van der Waals surface area contributed by atoms with Crippen LogP contribution in [0.4, 0.5) is 5.69 Å². The number of nitrogens with zero attached hydrogens (tertiary/aromatic N) is 3. The molecule has 0 bridgehead atoms. The molecule has 0 saturated heterocycles. The van der Waals surface area contributed by atoms with Crippen molar-refractivity contribution in [1.82, 2.24) is 20.1 Å². The first-order valence-corrected chi connectivity index (χ1v) is 6.79. The molecule has 8 heteroatoms. The van der Waals surface area contributed by atoms with Crippen LogP contribution in [0.2, 0.25) is 0 Å². The highest BCUT2D eigenvalue weighted by Crippen LogP contribution is 2.14. The lowest BCUT2D eigenvalue weighted by atomic mass is 10.1. The fourth-order valence-electron chi connectivity index (χ4n) is 2.44. The SMILES string of the molecule is Cl.Cl.Nc1cccc(C(=O)NCc2nnc3n2CCCC3)c1. The quantitative estimate of drug-likeness (QED) is 0.834. The zero-order valence-corrected chi connectivity index (χ0v) is 13.6. The van der Waals surface area contributed by atoms with E-state index in [2.05, 4.69) is 20.1 Å². The summed E-state index contributed by atoms with van der Waals surface area (Å²) in [7, 11) is 0. The van der Waals surface area contributed by atoms with Gasteiger partial charge < -0.3 is 15.6 Å². The number of benzene rings is 1. The lowest BCUT2D eigenvalue weighted by molar-refractivity contribution is 0.0949. The normalized spacial score (nSPS) is 12.5. The first-order valence-electron chi connectivity index (χ1n) is 6.79. The van der Waals surface area contributed by atoms with Crippen molar-refractivity contribution in [2.75, 3.05) is 5.73 Å². The standard InChI is InChI=1S/C14H17N5O.2ClH/c15-11-5-3-4-10(8-11)14(20)16-9-13-18-17-12-6-1-2-7-19(12)13;;/h3-5,8H,1-2,6-7,9,15H2,(H,16,20);2*1H. The Labute approximate surface area is 141 Å². The number of halogens is 2.